The van der Waals surface area contributed by atoms with E-state index < -0.39 is 30.0 Å². The summed E-state index contributed by atoms with van der Waals surface area (Å²) in [5.74, 6) is 0.782. The maximum absolute atomic E-state index is 14.9. The van der Waals surface area contributed by atoms with E-state index in [1.807, 2.05) is 22.6 Å². The zero-order valence-electron chi connectivity index (χ0n) is 24.6. The fourth-order valence-electron chi connectivity index (χ4n) is 7.01. The molecule has 3 N–H and O–H groups in total. The largest absolute Gasteiger partial charge is 0.493 e. The average Bonchev–Trinajstić information content (AvgIpc) is 3.65. The van der Waals surface area contributed by atoms with Gasteiger partial charge in [0, 0.05) is 42.6 Å². The van der Waals surface area contributed by atoms with Gasteiger partial charge >= 0.3 is 0 Å². The molecule has 0 aliphatic heterocycles. The molecule has 3 aliphatic carbocycles. The summed E-state index contributed by atoms with van der Waals surface area (Å²) < 4.78 is 27.3. The van der Waals surface area contributed by atoms with E-state index in [-0.39, 0.29) is 55.0 Å². The summed E-state index contributed by atoms with van der Waals surface area (Å²) >= 11 is 2.00. The number of nitrogens with one attached hydrogen (secondary N) is 1. The molecule has 2 bridgehead atoms. The van der Waals surface area contributed by atoms with Crippen LogP contribution in [0.1, 0.15) is 54.4 Å². The number of ether oxygens (including phenoxy) is 2. The number of methoxy groups -OCH3 is 1. The van der Waals surface area contributed by atoms with E-state index in [1.54, 1.807) is 24.3 Å². The highest BCUT2D eigenvalue weighted by Crippen LogP contribution is 2.50. The number of fused-ring (bicyclic) bond motifs is 2. The number of aliphatic hydroxyl groups is 2. The highest BCUT2D eigenvalue weighted by atomic mass is 127. The van der Waals surface area contributed by atoms with Crippen LogP contribution < -0.4 is 14.8 Å². The number of carbonyl (C=O) groups excluding carboxylic acids is 3. The van der Waals surface area contributed by atoms with Gasteiger partial charge in [-0.15, -0.1) is 0 Å². The molecule has 9 nitrogen and oxygen atoms in total. The standard InChI is InChI=1S/C33H38FIN2O7/c1-43-29-13-20(18-39)12-26(35)32(29)44-28-15-24(33(42)36-8-9-38)14-27(31(28)41)37(17-22-4-2-3-5-25(22)34)30(40)16-23-11-19-6-7-21(23)10-19/h2-5,12-13,15,18-19,21,23,27-28,31,38,41H,6-11,14,16-17H2,1H3,(H,36,42). The van der Waals surface area contributed by atoms with Crippen molar-refractivity contribution in [3.05, 3.63) is 68.6 Å². The average molecular weight is 721 g/mol. The molecule has 3 aliphatic rings. The summed E-state index contributed by atoms with van der Waals surface area (Å²) in [6.07, 6.45) is 4.55. The van der Waals surface area contributed by atoms with Crippen molar-refractivity contribution >= 4 is 40.7 Å². The number of hydrogen-bond donors (Lipinski definition) is 3. The minimum Gasteiger partial charge on any atom is -0.493 e. The molecule has 0 radical (unpaired) electrons. The van der Waals surface area contributed by atoms with Crippen LogP contribution >= 0.6 is 22.6 Å². The number of aliphatic hydroxyl groups excluding tert-OH is 2. The van der Waals surface area contributed by atoms with Gasteiger partial charge in [-0.2, -0.15) is 0 Å². The van der Waals surface area contributed by atoms with Crippen molar-refractivity contribution in [1.82, 2.24) is 10.2 Å². The van der Waals surface area contributed by atoms with Crippen LogP contribution in [-0.2, 0) is 16.1 Å². The van der Waals surface area contributed by atoms with Crippen molar-refractivity contribution in [1.29, 1.82) is 0 Å². The zero-order chi connectivity index (χ0) is 31.4. The molecule has 2 saturated carbocycles. The van der Waals surface area contributed by atoms with Crippen LogP contribution in [0.2, 0.25) is 0 Å². The number of nitrogens with zero attached hydrogens (tertiary/aromatic N) is 1. The van der Waals surface area contributed by atoms with E-state index in [0.29, 0.717) is 39.2 Å². The van der Waals surface area contributed by atoms with Crippen molar-refractivity contribution in [3.8, 4) is 11.5 Å². The predicted octanol–water partition coefficient (Wildman–Crippen LogP) is 4.02. The maximum atomic E-state index is 14.9. The molecule has 2 amide bonds. The Hall–Kier alpha value is -3.03. The van der Waals surface area contributed by atoms with Crippen molar-refractivity contribution in [2.24, 2.45) is 17.8 Å². The van der Waals surface area contributed by atoms with Crippen LogP contribution in [0.4, 0.5) is 4.39 Å². The Morgan fingerprint density at radius 1 is 1.20 bits per heavy atom. The molecule has 11 heteroatoms. The first-order chi connectivity index (χ1) is 21.2. The highest BCUT2D eigenvalue weighted by molar-refractivity contribution is 14.1. The summed E-state index contributed by atoms with van der Waals surface area (Å²) in [5, 5.41) is 23.8. The monoisotopic (exact) mass is 720 g/mol. The fraction of sp³-hybridized carbons (Fsp3) is 0.485. The molecule has 6 atom stereocenters. The molecule has 0 saturated heterocycles. The van der Waals surface area contributed by atoms with E-state index in [0.717, 1.165) is 19.3 Å². The van der Waals surface area contributed by atoms with Crippen LogP contribution in [-0.4, -0.2) is 71.7 Å². The minimum atomic E-state index is -1.29. The predicted molar refractivity (Wildman–Crippen MR) is 169 cm³/mol. The summed E-state index contributed by atoms with van der Waals surface area (Å²) in [4.78, 5) is 40.3. The second kappa shape index (κ2) is 14.4. The van der Waals surface area contributed by atoms with E-state index in [9.17, 15) is 29.0 Å². The van der Waals surface area contributed by atoms with E-state index in [1.165, 1.54) is 36.6 Å². The van der Waals surface area contributed by atoms with E-state index in [2.05, 4.69) is 5.32 Å². The molecule has 2 fully saturated rings. The van der Waals surface area contributed by atoms with Gasteiger partial charge in [-0.1, -0.05) is 24.6 Å². The molecule has 2 aromatic carbocycles. The van der Waals surface area contributed by atoms with Crippen LogP contribution in [0.3, 0.4) is 0 Å². The normalized spacial score (nSPS) is 25.7. The van der Waals surface area contributed by atoms with Crippen LogP contribution in [0.5, 0.6) is 11.5 Å². The Bertz CT molecular complexity index is 1420. The fourth-order valence-corrected chi connectivity index (χ4v) is 7.76. The molecule has 6 unspecified atom stereocenters. The molecule has 236 valence electrons. The number of halogens is 2. The van der Waals surface area contributed by atoms with Gasteiger partial charge in [-0.25, -0.2) is 4.39 Å². The summed E-state index contributed by atoms with van der Waals surface area (Å²) in [5.41, 5.74) is 0.950. The Morgan fingerprint density at radius 3 is 2.66 bits per heavy atom. The number of aldehydes is 1. The number of rotatable bonds is 12. The lowest BCUT2D eigenvalue weighted by molar-refractivity contribution is -0.141. The van der Waals surface area contributed by atoms with Crippen molar-refractivity contribution in [2.45, 2.75) is 63.3 Å². The second-order valence-corrected chi connectivity index (χ2v) is 13.1. The molecule has 2 aromatic rings. The first-order valence-corrected chi connectivity index (χ1v) is 16.1. The maximum Gasteiger partial charge on any atom is 0.247 e. The number of amides is 2. The Balaban J connectivity index is 1.50. The molecular formula is C33H38FIN2O7. The second-order valence-electron chi connectivity index (χ2n) is 11.9. The van der Waals surface area contributed by atoms with Gasteiger partial charge < -0.3 is 29.9 Å². The number of benzene rings is 2. The van der Waals surface area contributed by atoms with Gasteiger partial charge in [-0.3, -0.25) is 14.4 Å². The highest BCUT2D eigenvalue weighted by Gasteiger charge is 2.44. The SMILES string of the molecule is COc1cc(C=O)cc(I)c1OC1C=C(C(=O)NCCO)CC(N(Cc2ccccc2F)C(=O)CC2CC3CCC2C3)C1O. The van der Waals surface area contributed by atoms with Crippen LogP contribution in [0.15, 0.2) is 48.0 Å². The Labute approximate surface area is 269 Å². The van der Waals surface area contributed by atoms with Gasteiger partial charge in [-0.05, 0) is 83.9 Å². The lowest BCUT2D eigenvalue weighted by atomic mass is 9.84. The quantitative estimate of drug-likeness (QED) is 0.224. The number of carbonyl (C=O) groups is 3. The first-order valence-electron chi connectivity index (χ1n) is 15.0. The third-order valence-corrected chi connectivity index (χ3v) is 10.00. The smallest absolute Gasteiger partial charge is 0.247 e. The minimum absolute atomic E-state index is 0.00745. The molecule has 5 rings (SSSR count). The molecule has 0 aromatic heterocycles. The molecule has 44 heavy (non-hydrogen) atoms. The summed E-state index contributed by atoms with van der Waals surface area (Å²) in [6.45, 7) is -0.317. The summed E-state index contributed by atoms with van der Waals surface area (Å²) in [6, 6.07) is 8.44. The van der Waals surface area contributed by atoms with Crippen molar-refractivity contribution in [3.63, 3.8) is 0 Å². The van der Waals surface area contributed by atoms with Gasteiger partial charge in [0.05, 0.1) is 23.3 Å². The summed E-state index contributed by atoms with van der Waals surface area (Å²) in [7, 11) is 1.43. The molecule has 0 heterocycles. The lowest BCUT2D eigenvalue weighted by Gasteiger charge is -2.41. The third-order valence-electron chi connectivity index (χ3n) is 9.20. The van der Waals surface area contributed by atoms with Crippen LogP contribution in [0, 0.1) is 27.1 Å². The van der Waals surface area contributed by atoms with Crippen LogP contribution in [0.25, 0.3) is 0 Å². The number of hydrogen-bond acceptors (Lipinski definition) is 7. The van der Waals surface area contributed by atoms with Gasteiger partial charge in [0.25, 0.3) is 0 Å². The van der Waals surface area contributed by atoms with Gasteiger partial charge in [0.2, 0.25) is 11.8 Å². The van der Waals surface area contributed by atoms with Crippen molar-refractivity contribution in [2.75, 3.05) is 20.3 Å². The lowest BCUT2D eigenvalue weighted by Crippen LogP contribution is -2.55. The molecule has 0 spiro atoms. The Kier molecular flexibility index (Phi) is 10.6. The third kappa shape index (κ3) is 7.10. The van der Waals surface area contributed by atoms with E-state index >= 15 is 0 Å². The topological polar surface area (TPSA) is 125 Å². The van der Waals surface area contributed by atoms with Gasteiger partial charge in [0.1, 0.15) is 24.3 Å². The van der Waals surface area contributed by atoms with Gasteiger partial charge in [0.15, 0.2) is 11.5 Å². The zero-order valence-corrected chi connectivity index (χ0v) is 26.7. The first kappa shape index (κ1) is 32.4. The Morgan fingerprint density at radius 2 is 2.00 bits per heavy atom. The van der Waals surface area contributed by atoms with E-state index in [4.69, 9.17) is 9.47 Å². The molecular weight excluding hydrogens is 682 g/mol. The van der Waals surface area contributed by atoms with Crippen molar-refractivity contribution < 1.29 is 38.5 Å².